The molecule has 2 aromatic carbocycles. The van der Waals surface area contributed by atoms with E-state index < -0.39 is 11.7 Å². The van der Waals surface area contributed by atoms with Gasteiger partial charge >= 0.3 is 6.18 Å². The van der Waals surface area contributed by atoms with Crippen molar-refractivity contribution in [1.82, 2.24) is 24.4 Å². The summed E-state index contributed by atoms with van der Waals surface area (Å²) in [6.07, 6.45) is 0.331. The fourth-order valence-electron chi connectivity index (χ4n) is 4.40. The number of alkyl halides is 3. The highest BCUT2D eigenvalue weighted by atomic mass is 19.4. The van der Waals surface area contributed by atoms with E-state index in [2.05, 4.69) is 20.5 Å². The van der Waals surface area contributed by atoms with Gasteiger partial charge in [-0.05, 0) is 73.4 Å². The Morgan fingerprint density at radius 1 is 1.05 bits per heavy atom. The van der Waals surface area contributed by atoms with E-state index >= 15 is 0 Å². The summed E-state index contributed by atoms with van der Waals surface area (Å²) in [6, 6.07) is 14.3. The van der Waals surface area contributed by atoms with E-state index in [4.69, 9.17) is 10.8 Å². The number of anilines is 2. The molecule has 4 N–H and O–H groups in total. The number of rotatable bonds is 8. The Kier molecular flexibility index (Phi) is 6.77. The van der Waals surface area contributed by atoms with Crippen LogP contribution in [0.3, 0.4) is 0 Å². The van der Waals surface area contributed by atoms with Gasteiger partial charge < -0.3 is 16.2 Å². The lowest BCUT2D eigenvalue weighted by Gasteiger charge is -2.16. The molecule has 3 aromatic heterocycles. The molecule has 3 heterocycles. The van der Waals surface area contributed by atoms with Gasteiger partial charge in [0.15, 0.2) is 5.65 Å². The molecule has 0 aliphatic carbocycles. The Morgan fingerprint density at radius 3 is 2.58 bits per heavy atom. The van der Waals surface area contributed by atoms with Crippen molar-refractivity contribution in [2.75, 3.05) is 24.2 Å². The normalized spacial score (nSPS) is 11.8. The quantitative estimate of drug-likeness (QED) is 0.188. The number of nitrogens with zero attached hydrogens (tertiary/aromatic N) is 5. The van der Waals surface area contributed by atoms with Crippen LogP contribution >= 0.6 is 0 Å². The molecule has 0 amide bonds. The fourth-order valence-corrected chi connectivity index (χ4v) is 4.40. The summed E-state index contributed by atoms with van der Waals surface area (Å²) in [4.78, 5) is 4.61. The van der Waals surface area contributed by atoms with Crippen LogP contribution in [-0.2, 0) is 6.18 Å². The first kappa shape index (κ1) is 25.3. The maximum absolute atomic E-state index is 13.6. The smallest absolute Gasteiger partial charge is 0.399 e. The van der Waals surface area contributed by atoms with E-state index in [0.717, 1.165) is 41.1 Å². The number of aliphatic hydroxyl groups is 1. The molecule has 0 saturated heterocycles. The average Bonchev–Trinajstić information content (AvgIpc) is 3.53. The molecule has 11 heteroatoms. The minimum atomic E-state index is -4.49. The Balaban J connectivity index is 1.70. The number of fused-ring (bicyclic) bond motifs is 1. The molecule has 0 spiro atoms. The number of nitrogens with two attached hydrogens (primary N) is 1. The van der Waals surface area contributed by atoms with Gasteiger partial charge in [-0.25, -0.2) is 9.20 Å². The third-order valence-corrected chi connectivity index (χ3v) is 6.29. The van der Waals surface area contributed by atoms with E-state index in [1.54, 1.807) is 39.8 Å². The van der Waals surface area contributed by atoms with Crippen molar-refractivity contribution in [2.24, 2.45) is 0 Å². The van der Waals surface area contributed by atoms with E-state index in [9.17, 15) is 13.2 Å². The Hall–Kier alpha value is -4.38. The third kappa shape index (κ3) is 4.92. The number of nitrogens with one attached hydrogen (secondary N) is 1. The molecule has 0 saturated carbocycles. The molecule has 5 rings (SSSR count). The van der Waals surface area contributed by atoms with Gasteiger partial charge in [-0.1, -0.05) is 12.1 Å². The van der Waals surface area contributed by atoms with Crippen LogP contribution in [0.5, 0.6) is 0 Å². The molecule has 0 aliphatic rings. The summed E-state index contributed by atoms with van der Waals surface area (Å²) in [6.45, 7) is 2.49. The van der Waals surface area contributed by atoms with Crippen LogP contribution in [0.4, 0.5) is 24.8 Å². The van der Waals surface area contributed by atoms with Crippen molar-refractivity contribution in [3.8, 4) is 28.1 Å². The SMILES string of the molecule is Cc1c(-c2ccnn2-c2ccc(N)cc2)cn2nc(NCCCCO)nc2c1-c1cccc(C(F)(F)F)c1. The zero-order valence-corrected chi connectivity index (χ0v) is 20.6. The second-order valence-corrected chi connectivity index (χ2v) is 8.90. The van der Waals surface area contributed by atoms with Gasteiger partial charge in [0, 0.05) is 36.2 Å². The average molecular weight is 522 g/mol. The lowest BCUT2D eigenvalue weighted by molar-refractivity contribution is -0.137. The summed E-state index contributed by atoms with van der Waals surface area (Å²) in [7, 11) is 0. The summed E-state index contributed by atoms with van der Waals surface area (Å²) < 4.78 is 44.1. The molecule has 5 aromatic rings. The molecular formula is C27H26F3N7O. The molecule has 8 nitrogen and oxygen atoms in total. The number of benzene rings is 2. The number of hydrogen-bond donors (Lipinski definition) is 3. The summed E-state index contributed by atoms with van der Waals surface area (Å²) in [5.41, 5.74) is 10.0. The van der Waals surface area contributed by atoms with Gasteiger partial charge in [0.05, 0.1) is 23.1 Å². The van der Waals surface area contributed by atoms with Gasteiger partial charge in [0.25, 0.3) is 0 Å². The topological polar surface area (TPSA) is 106 Å². The van der Waals surface area contributed by atoms with Gasteiger partial charge in [-0.15, -0.1) is 5.10 Å². The zero-order chi connectivity index (χ0) is 26.9. The minimum Gasteiger partial charge on any atom is -0.399 e. The van der Waals surface area contributed by atoms with Gasteiger partial charge in [0.2, 0.25) is 5.95 Å². The van der Waals surface area contributed by atoms with Crippen molar-refractivity contribution >= 4 is 17.3 Å². The molecule has 0 atom stereocenters. The largest absolute Gasteiger partial charge is 0.416 e. The lowest BCUT2D eigenvalue weighted by atomic mass is 9.95. The van der Waals surface area contributed by atoms with Crippen LogP contribution < -0.4 is 11.1 Å². The number of aliphatic hydroxyl groups excluding tert-OH is 1. The van der Waals surface area contributed by atoms with E-state index in [1.807, 2.05) is 25.1 Å². The van der Waals surface area contributed by atoms with Crippen molar-refractivity contribution in [1.29, 1.82) is 0 Å². The zero-order valence-electron chi connectivity index (χ0n) is 20.6. The van der Waals surface area contributed by atoms with E-state index in [1.165, 1.54) is 6.07 Å². The number of halogens is 3. The van der Waals surface area contributed by atoms with Crippen molar-refractivity contribution in [3.05, 3.63) is 78.1 Å². The molecular weight excluding hydrogens is 495 g/mol. The van der Waals surface area contributed by atoms with Crippen LogP contribution in [-0.4, -0.2) is 42.6 Å². The number of nitrogen functional groups attached to an aromatic ring is 1. The standard InChI is InChI=1S/C27H26F3N7O/c1-17-22(23-11-13-33-37(23)21-9-7-20(31)8-10-21)16-36-25(34-26(35-36)32-12-2-3-14-38)24(17)18-5-4-6-19(15-18)27(28,29)30/h4-11,13,15-16,38H,2-3,12,14,31H2,1H3,(H,32,35). The predicted octanol–water partition coefficient (Wildman–Crippen LogP) is 5.34. The van der Waals surface area contributed by atoms with Gasteiger partial charge in [-0.2, -0.15) is 23.3 Å². The molecule has 196 valence electrons. The molecule has 0 unspecified atom stereocenters. The van der Waals surface area contributed by atoms with Crippen LogP contribution in [0, 0.1) is 6.92 Å². The molecule has 0 fully saturated rings. The second-order valence-electron chi connectivity index (χ2n) is 8.90. The monoisotopic (exact) mass is 521 g/mol. The maximum atomic E-state index is 13.6. The van der Waals surface area contributed by atoms with Crippen molar-refractivity contribution in [3.63, 3.8) is 0 Å². The molecule has 0 bridgehead atoms. The molecule has 38 heavy (non-hydrogen) atoms. The molecule has 0 radical (unpaired) electrons. The van der Waals surface area contributed by atoms with Gasteiger partial charge in [0.1, 0.15) is 0 Å². The van der Waals surface area contributed by atoms with Crippen molar-refractivity contribution in [2.45, 2.75) is 25.9 Å². The van der Waals surface area contributed by atoms with E-state index in [-0.39, 0.29) is 6.61 Å². The highest BCUT2D eigenvalue weighted by molar-refractivity contribution is 5.86. The maximum Gasteiger partial charge on any atom is 0.416 e. The lowest BCUT2D eigenvalue weighted by Crippen LogP contribution is -2.06. The number of unbranched alkanes of at least 4 members (excludes halogenated alkanes) is 1. The fraction of sp³-hybridized carbons (Fsp3) is 0.222. The summed E-state index contributed by atoms with van der Waals surface area (Å²) in [5.74, 6) is 0.347. The first-order chi connectivity index (χ1) is 18.3. The first-order valence-corrected chi connectivity index (χ1v) is 12.1. The Labute approximate surface area is 216 Å². The first-order valence-electron chi connectivity index (χ1n) is 12.1. The van der Waals surface area contributed by atoms with Gasteiger partial charge in [-0.3, -0.25) is 0 Å². The summed E-state index contributed by atoms with van der Waals surface area (Å²) in [5, 5.41) is 21.2. The van der Waals surface area contributed by atoms with Crippen LogP contribution in [0.25, 0.3) is 33.7 Å². The van der Waals surface area contributed by atoms with E-state index in [0.29, 0.717) is 41.4 Å². The Bertz CT molecular complexity index is 1570. The second kappa shape index (κ2) is 10.2. The minimum absolute atomic E-state index is 0.0875. The van der Waals surface area contributed by atoms with Crippen LogP contribution in [0.1, 0.15) is 24.0 Å². The highest BCUT2D eigenvalue weighted by Crippen LogP contribution is 2.38. The molecule has 0 aliphatic heterocycles. The predicted molar refractivity (Wildman–Crippen MR) is 140 cm³/mol. The number of pyridine rings is 1. The Morgan fingerprint density at radius 2 is 1.84 bits per heavy atom. The number of aromatic nitrogens is 5. The highest BCUT2D eigenvalue weighted by Gasteiger charge is 2.31. The van der Waals surface area contributed by atoms with Crippen LogP contribution in [0.2, 0.25) is 0 Å². The number of hydrogen-bond acceptors (Lipinski definition) is 6. The van der Waals surface area contributed by atoms with Crippen molar-refractivity contribution < 1.29 is 18.3 Å². The summed E-state index contributed by atoms with van der Waals surface area (Å²) >= 11 is 0. The van der Waals surface area contributed by atoms with Crippen LogP contribution in [0.15, 0.2) is 67.0 Å². The third-order valence-electron chi connectivity index (χ3n) is 6.29.